The molecule has 1 aromatic carbocycles. The van der Waals surface area contributed by atoms with Gasteiger partial charge in [-0.2, -0.15) is 0 Å². The molecule has 0 aliphatic rings. The molecule has 3 aromatic rings. The van der Waals surface area contributed by atoms with Crippen LogP contribution in [0, 0.1) is 6.92 Å². The molecule has 0 saturated heterocycles. The van der Waals surface area contributed by atoms with Crippen molar-refractivity contribution in [3.05, 3.63) is 41.0 Å². The molecular weight excluding hydrogens is 248 g/mol. The Labute approximate surface area is 109 Å². The second kappa shape index (κ2) is 3.99. The Kier molecular flexibility index (Phi) is 2.45. The number of imidazole rings is 1. The van der Waals surface area contributed by atoms with Gasteiger partial charge in [0, 0.05) is 11.9 Å². The van der Waals surface area contributed by atoms with Gasteiger partial charge in [-0.1, -0.05) is 17.7 Å². The van der Waals surface area contributed by atoms with E-state index in [1.165, 1.54) is 0 Å². The lowest BCUT2D eigenvalue weighted by Gasteiger charge is -2.03. The molecule has 5 heteroatoms. The summed E-state index contributed by atoms with van der Waals surface area (Å²) in [6, 6.07) is 7.34. The lowest BCUT2D eigenvalue weighted by Crippen LogP contribution is -1.91. The predicted molar refractivity (Wildman–Crippen MR) is 73.5 cm³/mol. The van der Waals surface area contributed by atoms with Crippen molar-refractivity contribution < 1.29 is 0 Å². The van der Waals surface area contributed by atoms with Crippen LogP contribution in [-0.2, 0) is 0 Å². The van der Waals surface area contributed by atoms with Gasteiger partial charge in [-0.05, 0) is 30.7 Å². The minimum atomic E-state index is 0.576. The summed E-state index contributed by atoms with van der Waals surface area (Å²) in [6.45, 7) is 2.00. The van der Waals surface area contributed by atoms with Gasteiger partial charge in [0.25, 0.3) is 0 Å². The smallest absolute Gasteiger partial charge is 0.178 e. The van der Waals surface area contributed by atoms with Crippen molar-refractivity contribution in [2.45, 2.75) is 6.92 Å². The number of nitrogens with two attached hydrogens (primary N) is 1. The predicted octanol–water partition coefficient (Wildman–Crippen LogP) is 3.17. The van der Waals surface area contributed by atoms with Gasteiger partial charge in [-0.3, -0.25) is 0 Å². The Morgan fingerprint density at radius 1 is 1.28 bits per heavy atom. The zero-order chi connectivity index (χ0) is 12.7. The summed E-state index contributed by atoms with van der Waals surface area (Å²) in [5.41, 5.74) is 9.93. The maximum atomic E-state index is 6.17. The van der Waals surface area contributed by atoms with Gasteiger partial charge in [0.1, 0.15) is 5.82 Å². The van der Waals surface area contributed by atoms with Crippen molar-refractivity contribution >= 4 is 28.5 Å². The van der Waals surface area contributed by atoms with Crippen LogP contribution in [0.25, 0.3) is 22.6 Å². The number of aryl methyl sites for hydroxylation is 1. The SMILES string of the molecule is Cc1ccnc2nc(-c3c(N)cccc3Cl)[nH]c12. The van der Waals surface area contributed by atoms with Crippen LogP contribution in [0.1, 0.15) is 5.56 Å². The minimum Gasteiger partial charge on any atom is -0.398 e. The van der Waals surface area contributed by atoms with Crippen LogP contribution in [0.4, 0.5) is 5.69 Å². The molecule has 18 heavy (non-hydrogen) atoms. The number of aromatic nitrogens is 3. The molecule has 0 unspecified atom stereocenters. The Balaban J connectivity index is 2.30. The van der Waals surface area contributed by atoms with Gasteiger partial charge in [0.05, 0.1) is 16.1 Å². The van der Waals surface area contributed by atoms with E-state index in [0.29, 0.717) is 22.2 Å². The van der Waals surface area contributed by atoms with E-state index in [-0.39, 0.29) is 0 Å². The monoisotopic (exact) mass is 258 g/mol. The fraction of sp³-hybridized carbons (Fsp3) is 0.0769. The van der Waals surface area contributed by atoms with Gasteiger partial charge in [-0.25, -0.2) is 9.97 Å². The van der Waals surface area contributed by atoms with E-state index in [1.807, 2.05) is 19.1 Å². The Morgan fingerprint density at radius 2 is 2.11 bits per heavy atom. The first-order valence-electron chi connectivity index (χ1n) is 5.52. The number of pyridine rings is 1. The number of H-pyrrole nitrogens is 1. The molecule has 0 bridgehead atoms. The second-order valence-corrected chi connectivity index (χ2v) is 4.52. The number of fused-ring (bicyclic) bond motifs is 1. The lowest BCUT2D eigenvalue weighted by atomic mass is 10.2. The van der Waals surface area contributed by atoms with Gasteiger partial charge < -0.3 is 10.7 Å². The molecule has 0 aliphatic carbocycles. The minimum absolute atomic E-state index is 0.576. The van der Waals surface area contributed by atoms with Crippen molar-refractivity contribution in [3.8, 4) is 11.4 Å². The average Bonchev–Trinajstić information content (AvgIpc) is 2.74. The summed E-state index contributed by atoms with van der Waals surface area (Å²) < 4.78 is 0. The first kappa shape index (κ1) is 11.0. The van der Waals surface area contributed by atoms with Crippen LogP contribution in [-0.4, -0.2) is 15.0 Å². The number of aromatic amines is 1. The zero-order valence-corrected chi connectivity index (χ0v) is 10.5. The molecule has 2 aromatic heterocycles. The molecule has 0 radical (unpaired) electrons. The van der Waals surface area contributed by atoms with E-state index >= 15 is 0 Å². The molecule has 3 rings (SSSR count). The molecule has 2 heterocycles. The summed E-state index contributed by atoms with van der Waals surface area (Å²) >= 11 is 6.17. The molecule has 90 valence electrons. The summed E-state index contributed by atoms with van der Waals surface area (Å²) in [5.74, 6) is 0.648. The number of anilines is 1. The van der Waals surface area contributed by atoms with Gasteiger partial charge in [-0.15, -0.1) is 0 Å². The summed E-state index contributed by atoms with van der Waals surface area (Å²) in [7, 11) is 0. The maximum absolute atomic E-state index is 6.17. The molecule has 3 N–H and O–H groups in total. The van der Waals surface area contributed by atoms with Crippen molar-refractivity contribution in [2.24, 2.45) is 0 Å². The van der Waals surface area contributed by atoms with E-state index < -0.39 is 0 Å². The Hall–Kier alpha value is -2.07. The zero-order valence-electron chi connectivity index (χ0n) is 9.74. The Morgan fingerprint density at radius 3 is 2.83 bits per heavy atom. The van der Waals surface area contributed by atoms with Crippen molar-refractivity contribution in [1.29, 1.82) is 0 Å². The van der Waals surface area contributed by atoms with Gasteiger partial charge >= 0.3 is 0 Å². The molecule has 0 atom stereocenters. The third-order valence-electron chi connectivity index (χ3n) is 2.88. The van der Waals surface area contributed by atoms with E-state index in [4.69, 9.17) is 17.3 Å². The number of nitrogens with zero attached hydrogens (tertiary/aromatic N) is 2. The quantitative estimate of drug-likeness (QED) is 0.659. The van der Waals surface area contributed by atoms with Gasteiger partial charge in [0.2, 0.25) is 0 Å². The number of benzene rings is 1. The lowest BCUT2D eigenvalue weighted by molar-refractivity contribution is 1.30. The van der Waals surface area contributed by atoms with Crippen molar-refractivity contribution in [3.63, 3.8) is 0 Å². The molecule has 0 saturated carbocycles. The summed E-state index contributed by atoms with van der Waals surface area (Å²) in [6.07, 6.45) is 1.73. The molecular formula is C13H11ClN4. The summed E-state index contributed by atoms with van der Waals surface area (Å²) in [5, 5.41) is 0.576. The van der Waals surface area contributed by atoms with E-state index in [1.54, 1.807) is 18.3 Å². The Bertz CT molecular complexity index is 713. The van der Waals surface area contributed by atoms with Crippen molar-refractivity contribution in [1.82, 2.24) is 15.0 Å². The fourth-order valence-electron chi connectivity index (χ4n) is 1.94. The highest BCUT2D eigenvalue weighted by atomic mass is 35.5. The van der Waals surface area contributed by atoms with Crippen LogP contribution in [0.2, 0.25) is 5.02 Å². The highest BCUT2D eigenvalue weighted by Crippen LogP contribution is 2.32. The first-order valence-corrected chi connectivity index (χ1v) is 5.90. The number of nitrogen functional groups attached to an aromatic ring is 1. The van der Waals surface area contributed by atoms with E-state index in [2.05, 4.69) is 15.0 Å². The van der Waals surface area contributed by atoms with Gasteiger partial charge in [0.15, 0.2) is 5.65 Å². The highest BCUT2D eigenvalue weighted by Gasteiger charge is 2.13. The molecule has 0 aliphatic heterocycles. The standard InChI is InChI=1S/C13H11ClN4/c1-7-5-6-16-13-11(7)17-12(18-13)10-8(14)3-2-4-9(10)15/h2-6H,15H2,1H3,(H,16,17,18). The number of halogens is 1. The third kappa shape index (κ3) is 1.62. The van der Waals surface area contributed by atoms with Crippen LogP contribution in [0.3, 0.4) is 0 Å². The number of nitrogens with one attached hydrogen (secondary N) is 1. The second-order valence-electron chi connectivity index (χ2n) is 4.12. The fourth-order valence-corrected chi connectivity index (χ4v) is 2.22. The van der Waals surface area contributed by atoms with Crippen LogP contribution in [0.15, 0.2) is 30.5 Å². The topological polar surface area (TPSA) is 67.6 Å². The largest absolute Gasteiger partial charge is 0.398 e. The number of hydrogen-bond donors (Lipinski definition) is 2. The molecule has 0 fully saturated rings. The summed E-state index contributed by atoms with van der Waals surface area (Å²) in [4.78, 5) is 11.9. The normalized spacial score (nSPS) is 11.0. The van der Waals surface area contributed by atoms with Crippen LogP contribution >= 0.6 is 11.6 Å². The average molecular weight is 259 g/mol. The number of hydrogen-bond acceptors (Lipinski definition) is 3. The highest BCUT2D eigenvalue weighted by molar-refractivity contribution is 6.33. The van der Waals surface area contributed by atoms with E-state index in [9.17, 15) is 0 Å². The molecule has 0 spiro atoms. The van der Waals surface area contributed by atoms with Crippen LogP contribution in [0.5, 0.6) is 0 Å². The molecule has 0 amide bonds. The number of rotatable bonds is 1. The van der Waals surface area contributed by atoms with Crippen LogP contribution < -0.4 is 5.73 Å². The van der Waals surface area contributed by atoms with E-state index in [0.717, 1.165) is 16.6 Å². The van der Waals surface area contributed by atoms with Crippen molar-refractivity contribution in [2.75, 3.05) is 5.73 Å². The molecule has 4 nitrogen and oxygen atoms in total. The first-order chi connectivity index (χ1) is 8.66. The third-order valence-corrected chi connectivity index (χ3v) is 3.20. The maximum Gasteiger partial charge on any atom is 0.178 e.